The maximum Gasteiger partial charge on any atom is 0.0395 e. The molecule has 0 heterocycles. The number of hydrogen-bond donors (Lipinski definition) is 0. The van der Waals surface area contributed by atoms with Gasteiger partial charge in [0.25, 0.3) is 0 Å². The van der Waals surface area contributed by atoms with Crippen LogP contribution in [-0.2, 0) is 6.42 Å². The third kappa shape index (κ3) is 6.04. The molecule has 0 bridgehead atoms. The molecule has 0 spiro atoms. The second-order valence-electron chi connectivity index (χ2n) is 5.66. The van der Waals surface area contributed by atoms with Crippen molar-refractivity contribution in [2.75, 3.05) is 0 Å². The highest BCUT2D eigenvalue weighted by Gasteiger charge is 2.07. The molecule has 0 N–H and O–H groups in total. The van der Waals surface area contributed by atoms with Crippen LogP contribution in [0.4, 0.5) is 0 Å². The van der Waals surface area contributed by atoms with Crippen molar-refractivity contribution in [2.45, 2.75) is 64.1 Å². The van der Waals surface area contributed by atoms with E-state index in [1.807, 2.05) is 0 Å². The van der Waals surface area contributed by atoms with Gasteiger partial charge in [-0.2, -0.15) is 0 Å². The van der Waals surface area contributed by atoms with E-state index in [0.717, 1.165) is 5.92 Å². The number of alkyl halides is 1. The third-order valence-electron chi connectivity index (χ3n) is 3.30. The predicted octanol–water partition coefficient (Wildman–Crippen LogP) is 6.29. The van der Waals surface area contributed by atoms with Gasteiger partial charge in [0.15, 0.2) is 0 Å². The molecule has 18 heavy (non-hydrogen) atoms. The van der Waals surface area contributed by atoms with Crippen molar-refractivity contribution in [3.05, 3.63) is 35.4 Å². The van der Waals surface area contributed by atoms with Crippen LogP contribution in [-0.4, -0.2) is 0 Å². The lowest BCUT2D eigenvalue weighted by atomic mass is 9.99. The van der Waals surface area contributed by atoms with Crippen molar-refractivity contribution in [2.24, 2.45) is 5.92 Å². The summed E-state index contributed by atoms with van der Waals surface area (Å²) in [5, 5.41) is 0. The topological polar surface area (TPSA) is 0 Å². The average molecular weight is 311 g/mol. The summed E-state index contributed by atoms with van der Waals surface area (Å²) >= 11 is 3.81. The van der Waals surface area contributed by atoms with Crippen molar-refractivity contribution in [3.8, 4) is 0 Å². The fourth-order valence-electron chi connectivity index (χ4n) is 2.25. The van der Waals surface area contributed by atoms with Crippen molar-refractivity contribution >= 4 is 15.9 Å². The molecule has 1 heteroatoms. The van der Waals surface area contributed by atoms with Crippen molar-refractivity contribution < 1.29 is 0 Å². The fraction of sp³-hybridized carbons (Fsp3) is 0.647. The minimum atomic E-state index is 0.530. The first-order valence-electron chi connectivity index (χ1n) is 7.36. The van der Waals surface area contributed by atoms with E-state index in [4.69, 9.17) is 0 Å². The van der Waals surface area contributed by atoms with E-state index < -0.39 is 0 Å². The van der Waals surface area contributed by atoms with E-state index in [1.165, 1.54) is 49.7 Å². The van der Waals surface area contributed by atoms with Gasteiger partial charge in [0.1, 0.15) is 0 Å². The van der Waals surface area contributed by atoms with Crippen LogP contribution >= 0.6 is 15.9 Å². The van der Waals surface area contributed by atoms with Crippen molar-refractivity contribution in [1.29, 1.82) is 0 Å². The smallest absolute Gasteiger partial charge is 0.0395 e. The first kappa shape index (κ1) is 15.8. The van der Waals surface area contributed by atoms with E-state index in [1.54, 1.807) is 0 Å². The first-order valence-corrected chi connectivity index (χ1v) is 8.28. The molecule has 1 aromatic rings. The molecule has 0 fully saturated rings. The van der Waals surface area contributed by atoms with Gasteiger partial charge in [-0.15, -0.1) is 0 Å². The van der Waals surface area contributed by atoms with Gasteiger partial charge in [-0.1, -0.05) is 86.6 Å². The second kappa shape index (κ2) is 8.74. The van der Waals surface area contributed by atoms with Crippen LogP contribution < -0.4 is 0 Å². The Morgan fingerprint density at radius 2 is 1.67 bits per heavy atom. The maximum absolute atomic E-state index is 3.81. The lowest BCUT2D eigenvalue weighted by Crippen LogP contribution is -1.95. The molecular weight excluding hydrogens is 284 g/mol. The van der Waals surface area contributed by atoms with Crippen LogP contribution in [0.15, 0.2) is 24.3 Å². The van der Waals surface area contributed by atoms with Crippen LogP contribution in [0.25, 0.3) is 0 Å². The van der Waals surface area contributed by atoms with Gasteiger partial charge in [0, 0.05) is 4.83 Å². The monoisotopic (exact) mass is 310 g/mol. The molecule has 1 atom stereocenters. The molecule has 102 valence electrons. The summed E-state index contributed by atoms with van der Waals surface area (Å²) in [7, 11) is 0. The Kier molecular flexibility index (Phi) is 7.65. The normalized spacial score (nSPS) is 12.9. The lowest BCUT2D eigenvalue weighted by Gasteiger charge is -2.11. The summed E-state index contributed by atoms with van der Waals surface area (Å²) in [6, 6.07) is 9.15. The molecule has 0 amide bonds. The Morgan fingerprint density at radius 3 is 2.22 bits per heavy atom. The number of benzene rings is 1. The first-order chi connectivity index (χ1) is 8.63. The highest BCUT2D eigenvalue weighted by Crippen LogP contribution is 2.29. The molecule has 0 radical (unpaired) electrons. The van der Waals surface area contributed by atoms with E-state index in [2.05, 4.69) is 61.0 Å². The molecule has 0 aliphatic rings. The molecule has 0 nitrogen and oxygen atoms in total. The van der Waals surface area contributed by atoms with Crippen molar-refractivity contribution in [3.63, 3.8) is 0 Å². The van der Waals surface area contributed by atoms with Gasteiger partial charge in [0.05, 0.1) is 0 Å². The van der Waals surface area contributed by atoms with E-state index in [-0.39, 0.29) is 0 Å². The number of rotatable bonds is 8. The molecule has 0 aliphatic carbocycles. The average Bonchev–Trinajstić information content (AvgIpc) is 2.34. The third-order valence-corrected chi connectivity index (χ3v) is 4.28. The van der Waals surface area contributed by atoms with Gasteiger partial charge in [-0.25, -0.2) is 0 Å². The summed E-state index contributed by atoms with van der Waals surface area (Å²) in [6.07, 6.45) is 7.82. The molecule has 1 rings (SSSR count). The van der Waals surface area contributed by atoms with Gasteiger partial charge < -0.3 is 0 Å². The van der Waals surface area contributed by atoms with Crippen molar-refractivity contribution in [1.82, 2.24) is 0 Å². The van der Waals surface area contributed by atoms with E-state index in [0.29, 0.717) is 4.83 Å². The SMILES string of the molecule is CCCCCCC(Br)c1ccc(CC(C)C)cc1. The Labute approximate surface area is 121 Å². The quantitative estimate of drug-likeness (QED) is 0.391. The summed E-state index contributed by atoms with van der Waals surface area (Å²) in [5.74, 6) is 0.740. The molecule has 0 saturated heterocycles. The van der Waals surface area contributed by atoms with Crippen LogP contribution in [0.3, 0.4) is 0 Å². The number of halogens is 1. The zero-order chi connectivity index (χ0) is 13.4. The van der Waals surface area contributed by atoms with E-state index >= 15 is 0 Å². The number of unbranched alkanes of at least 4 members (excludes halogenated alkanes) is 3. The van der Waals surface area contributed by atoms with E-state index in [9.17, 15) is 0 Å². The van der Waals surface area contributed by atoms with Gasteiger partial charge >= 0.3 is 0 Å². The zero-order valence-electron chi connectivity index (χ0n) is 12.1. The lowest BCUT2D eigenvalue weighted by molar-refractivity contribution is 0.629. The molecule has 0 aliphatic heterocycles. The Hall–Kier alpha value is -0.300. The summed E-state index contributed by atoms with van der Waals surface area (Å²) in [4.78, 5) is 0.530. The van der Waals surface area contributed by atoms with Crippen LogP contribution in [0.2, 0.25) is 0 Å². The summed E-state index contributed by atoms with van der Waals surface area (Å²) in [6.45, 7) is 6.81. The summed E-state index contributed by atoms with van der Waals surface area (Å²) in [5.41, 5.74) is 2.89. The van der Waals surface area contributed by atoms with Crippen LogP contribution in [0.5, 0.6) is 0 Å². The molecule has 1 unspecified atom stereocenters. The largest absolute Gasteiger partial charge is 0.0839 e. The summed E-state index contributed by atoms with van der Waals surface area (Å²) < 4.78 is 0. The minimum Gasteiger partial charge on any atom is -0.0839 e. The van der Waals surface area contributed by atoms with Gasteiger partial charge in [-0.05, 0) is 29.9 Å². The molecule has 0 aromatic heterocycles. The van der Waals surface area contributed by atoms with Crippen LogP contribution in [0, 0.1) is 5.92 Å². The molecular formula is C17H27Br. The molecule has 1 aromatic carbocycles. The maximum atomic E-state index is 3.81. The Morgan fingerprint density at radius 1 is 1.00 bits per heavy atom. The molecule has 0 saturated carbocycles. The second-order valence-corrected chi connectivity index (χ2v) is 6.76. The Balaban J connectivity index is 2.41. The highest BCUT2D eigenvalue weighted by molar-refractivity contribution is 9.09. The Bertz CT molecular complexity index is 313. The van der Waals surface area contributed by atoms with Gasteiger partial charge in [-0.3, -0.25) is 0 Å². The zero-order valence-corrected chi connectivity index (χ0v) is 13.7. The minimum absolute atomic E-state index is 0.530. The fourth-order valence-corrected chi connectivity index (χ4v) is 2.88. The predicted molar refractivity (Wildman–Crippen MR) is 85.4 cm³/mol. The van der Waals surface area contributed by atoms with Gasteiger partial charge in [0.2, 0.25) is 0 Å². The van der Waals surface area contributed by atoms with Crippen LogP contribution in [0.1, 0.15) is 68.8 Å². The standard InChI is InChI=1S/C17H27Br/c1-4-5-6-7-8-17(18)16-11-9-15(10-12-16)13-14(2)3/h9-12,14,17H,4-8,13H2,1-3H3. The number of hydrogen-bond acceptors (Lipinski definition) is 0. The highest BCUT2D eigenvalue weighted by atomic mass is 79.9.